The third-order valence-corrected chi connectivity index (χ3v) is 2.58. The van der Waals surface area contributed by atoms with Gasteiger partial charge in [0.15, 0.2) is 0 Å². The molecule has 20 heavy (non-hydrogen) atoms. The molecule has 0 aliphatic rings. The molecule has 0 aliphatic heterocycles. The number of nitrogens with one attached hydrogen (secondary N) is 1. The standard InChI is InChI=1S/C14H12F2N2O2/c15-12-5-2-6-13(16)11(12)8-18-9-3-1-4-10(7-9)20-14(17)19/h1-7,18H,8H2,(H2,17,19). The third kappa shape index (κ3) is 3.44. The lowest BCUT2D eigenvalue weighted by atomic mass is 10.2. The van der Waals surface area contributed by atoms with Gasteiger partial charge >= 0.3 is 6.09 Å². The van der Waals surface area contributed by atoms with E-state index < -0.39 is 17.7 Å². The van der Waals surface area contributed by atoms with Crippen LogP contribution >= 0.6 is 0 Å². The van der Waals surface area contributed by atoms with Gasteiger partial charge in [0, 0.05) is 23.9 Å². The topological polar surface area (TPSA) is 64.4 Å². The number of halogens is 2. The zero-order valence-electron chi connectivity index (χ0n) is 10.4. The van der Waals surface area contributed by atoms with Crippen molar-refractivity contribution in [3.05, 3.63) is 59.7 Å². The van der Waals surface area contributed by atoms with Gasteiger partial charge in [-0.15, -0.1) is 0 Å². The fraction of sp³-hybridized carbons (Fsp3) is 0.0714. The van der Waals surface area contributed by atoms with Crippen molar-refractivity contribution in [1.29, 1.82) is 0 Å². The van der Waals surface area contributed by atoms with Crippen LogP contribution in [0, 0.1) is 11.6 Å². The molecule has 6 heteroatoms. The number of primary amides is 1. The Balaban J connectivity index is 2.09. The van der Waals surface area contributed by atoms with E-state index >= 15 is 0 Å². The highest BCUT2D eigenvalue weighted by Gasteiger charge is 2.08. The maximum atomic E-state index is 13.4. The molecule has 2 aromatic carbocycles. The van der Waals surface area contributed by atoms with Crippen LogP contribution in [-0.2, 0) is 6.54 Å². The van der Waals surface area contributed by atoms with Crippen molar-refractivity contribution in [1.82, 2.24) is 0 Å². The fourth-order valence-electron chi connectivity index (χ4n) is 1.68. The summed E-state index contributed by atoms with van der Waals surface area (Å²) in [6.45, 7) is -0.0292. The molecule has 0 aliphatic carbocycles. The first-order chi connectivity index (χ1) is 9.56. The van der Waals surface area contributed by atoms with E-state index in [1.54, 1.807) is 18.2 Å². The number of hydrogen-bond donors (Lipinski definition) is 2. The quantitative estimate of drug-likeness (QED) is 0.903. The summed E-state index contributed by atoms with van der Waals surface area (Å²) in [6.07, 6.45) is -0.928. The maximum absolute atomic E-state index is 13.4. The second kappa shape index (κ2) is 6.01. The smallest absolute Gasteiger partial charge is 0.409 e. The van der Waals surface area contributed by atoms with Gasteiger partial charge in [0.05, 0.1) is 0 Å². The number of anilines is 1. The zero-order chi connectivity index (χ0) is 14.5. The summed E-state index contributed by atoms with van der Waals surface area (Å²) >= 11 is 0. The molecule has 2 aromatic rings. The van der Waals surface area contributed by atoms with Crippen LogP contribution in [-0.4, -0.2) is 6.09 Å². The minimum absolute atomic E-state index is 0.0292. The molecule has 104 valence electrons. The molecule has 0 unspecified atom stereocenters. The molecule has 2 rings (SSSR count). The number of benzene rings is 2. The zero-order valence-corrected chi connectivity index (χ0v) is 10.4. The monoisotopic (exact) mass is 278 g/mol. The Morgan fingerprint density at radius 2 is 1.80 bits per heavy atom. The van der Waals surface area contributed by atoms with Crippen LogP contribution in [0.2, 0.25) is 0 Å². The summed E-state index contributed by atoms with van der Waals surface area (Å²) in [7, 11) is 0. The van der Waals surface area contributed by atoms with E-state index in [9.17, 15) is 13.6 Å². The van der Waals surface area contributed by atoms with Crippen molar-refractivity contribution in [2.75, 3.05) is 5.32 Å². The van der Waals surface area contributed by atoms with E-state index in [1.165, 1.54) is 24.3 Å². The minimum atomic E-state index is -0.928. The average Bonchev–Trinajstić information content (AvgIpc) is 2.38. The summed E-state index contributed by atoms with van der Waals surface area (Å²) in [5.74, 6) is -0.999. The van der Waals surface area contributed by atoms with E-state index in [4.69, 9.17) is 10.5 Å². The van der Waals surface area contributed by atoms with Crippen LogP contribution in [0.1, 0.15) is 5.56 Å². The molecule has 0 fully saturated rings. The van der Waals surface area contributed by atoms with Crippen LogP contribution in [0.25, 0.3) is 0 Å². The summed E-state index contributed by atoms with van der Waals surface area (Å²) in [4.78, 5) is 10.6. The Kier molecular flexibility index (Phi) is 4.14. The molecule has 3 N–H and O–H groups in total. The molecular weight excluding hydrogens is 266 g/mol. The van der Waals surface area contributed by atoms with Gasteiger partial charge in [-0.1, -0.05) is 12.1 Å². The van der Waals surface area contributed by atoms with Gasteiger partial charge in [0.2, 0.25) is 0 Å². The van der Waals surface area contributed by atoms with Crippen LogP contribution in [0.15, 0.2) is 42.5 Å². The maximum Gasteiger partial charge on any atom is 0.409 e. The number of amides is 1. The van der Waals surface area contributed by atoms with Crippen LogP contribution < -0.4 is 15.8 Å². The first kappa shape index (κ1) is 13.8. The van der Waals surface area contributed by atoms with Gasteiger partial charge < -0.3 is 15.8 Å². The van der Waals surface area contributed by atoms with Crippen molar-refractivity contribution in [2.24, 2.45) is 5.73 Å². The largest absolute Gasteiger partial charge is 0.410 e. The Bertz CT molecular complexity index is 612. The van der Waals surface area contributed by atoms with Crippen LogP contribution in [0.4, 0.5) is 19.3 Å². The Labute approximate surface area is 114 Å². The van der Waals surface area contributed by atoms with Crippen molar-refractivity contribution in [3.63, 3.8) is 0 Å². The van der Waals surface area contributed by atoms with Gasteiger partial charge in [-0.2, -0.15) is 0 Å². The normalized spacial score (nSPS) is 10.1. The van der Waals surface area contributed by atoms with E-state index in [1.807, 2.05) is 0 Å². The van der Waals surface area contributed by atoms with Crippen molar-refractivity contribution < 1.29 is 18.3 Å². The fourth-order valence-corrected chi connectivity index (χ4v) is 1.68. The van der Waals surface area contributed by atoms with Gasteiger partial charge in [-0.3, -0.25) is 0 Å². The number of hydrogen-bond acceptors (Lipinski definition) is 3. The van der Waals surface area contributed by atoms with E-state index in [-0.39, 0.29) is 17.9 Å². The summed E-state index contributed by atoms with van der Waals surface area (Å²) < 4.78 is 31.6. The lowest BCUT2D eigenvalue weighted by Gasteiger charge is -2.09. The van der Waals surface area contributed by atoms with Gasteiger partial charge in [-0.25, -0.2) is 13.6 Å². The van der Waals surface area contributed by atoms with Crippen molar-refractivity contribution >= 4 is 11.8 Å². The number of carbonyl (C=O) groups is 1. The number of ether oxygens (including phenoxy) is 1. The molecule has 0 saturated heterocycles. The van der Waals surface area contributed by atoms with E-state index in [2.05, 4.69) is 5.32 Å². The van der Waals surface area contributed by atoms with Crippen molar-refractivity contribution in [2.45, 2.75) is 6.54 Å². The molecule has 0 aromatic heterocycles. The lowest BCUT2D eigenvalue weighted by molar-refractivity contribution is 0.211. The predicted octanol–water partition coefficient (Wildman–Crippen LogP) is 3.03. The van der Waals surface area contributed by atoms with Gasteiger partial charge in [-0.05, 0) is 24.3 Å². The van der Waals surface area contributed by atoms with Gasteiger partial charge in [0.1, 0.15) is 17.4 Å². The molecule has 0 spiro atoms. The minimum Gasteiger partial charge on any atom is -0.410 e. The molecule has 1 amide bonds. The Hall–Kier alpha value is -2.63. The highest BCUT2D eigenvalue weighted by molar-refractivity contribution is 5.68. The highest BCUT2D eigenvalue weighted by Crippen LogP contribution is 2.19. The second-order valence-corrected chi connectivity index (χ2v) is 4.00. The molecule has 0 saturated carbocycles. The SMILES string of the molecule is NC(=O)Oc1cccc(NCc2c(F)cccc2F)c1. The average molecular weight is 278 g/mol. The molecular formula is C14H12F2N2O2. The van der Waals surface area contributed by atoms with Crippen LogP contribution in [0.3, 0.4) is 0 Å². The molecule has 0 radical (unpaired) electrons. The Morgan fingerprint density at radius 3 is 2.45 bits per heavy atom. The Morgan fingerprint density at radius 1 is 1.15 bits per heavy atom. The first-order valence-corrected chi connectivity index (χ1v) is 5.80. The number of rotatable bonds is 4. The lowest BCUT2D eigenvalue weighted by Crippen LogP contribution is -2.16. The third-order valence-electron chi connectivity index (χ3n) is 2.58. The number of carbonyl (C=O) groups excluding carboxylic acids is 1. The van der Waals surface area contributed by atoms with Crippen molar-refractivity contribution in [3.8, 4) is 5.75 Å². The van der Waals surface area contributed by atoms with E-state index in [0.717, 1.165) is 0 Å². The molecule has 0 heterocycles. The van der Waals surface area contributed by atoms with Crippen LogP contribution in [0.5, 0.6) is 5.75 Å². The molecule has 0 atom stereocenters. The second-order valence-electron chi connectivity index (χ2n) is 4.00. The summed E-state index contributed by atoms with van der Waals surface area (Å²) in [6, 6.07) is 10.0. The highest BCUT2D eigenvalue weighted by atomic mass is 19.1. The summed E-state index contributed by atoms with van der Waals surface area (Å²) in [5, 5.41) is 2.84. The van der Waals surface area contributed by atoms with Gasteiger partial charge in [0.25, 0.3) is 0 Å². The molecule has 4 nitrogen and oxygen atoms in total. The first-order valence-electron chi connectivity index (χ1n) is 5.80. The number of nitrogens with two attached hydrogens (primary N) is 1. The predicted molar refractivity (Wildman–Crippen MR) is 70.3 cm³/mol. The molecule has 0 bridgehead atoms. The summed E-state index contributed by atoms with van der Waals surface area (Å²) in [5.41, 5.74) is 5.38. The van der Waals surface area contributed by atoms with E-state index in [0.29, 0.717) is 5.69 Å².